The Hall–Kier alpha value is -3.62. The van der Waals surface area contributed by atoms with Crippen LogP contribution in [0.15, 0.2) is 54.9 Å². The second kappa shape index (κ2) is 9.67. The van der Waals surface area contributed by atoms with Gasteiger partial charge in [0, 0.05) is 38.0 Å². The van der Waals surface area contributed by atoms with Crippen molar-refractivity contribution in [1.82, 2.24) is 30.0 Å². The molecular formula is C23H25FN6O2. The van der Waals surface area contributed by atoms with E-state index in [2.05, 4.69) is 15.5 Å². The Morgan fingerprint density at radius 2 is 1.91 bits per heavy atom. The van der Waals surface area contributed by atoms with E-state index in [-0.39, 0.29) is 24.1 Å². The maximum atomic E-state index is 14.1. The van der Waals surface area contributed by atoms with Crippen LogP contribution in [-0.2, 0) is 22.6 Å². The van der Waals surface area contributed by atoms with Crippen LogP contribution >= 0.6 is 0 Å². The molecule has 0 N–H and O–H groups in total. The largest absolute Gasteiger partial charge is 0.339 e. The van der Waals surface area contributed by atoms with Gasteiger partial charge in [-0.2, -0.15) is 0 Å². The monoisotopic (exact) mass is 436 g/mol. The second-order valence-electron chi connectivity index (χ2n) is 7.72. The van der Waals surface area contributed by atoms with Crippen LogP contribution in [0.3, 0.4) is 0 Å². The van der Waals surface area contributed by atoms with Crippen molar-refractivity contribution >= 4 is 11.8 Å². The van der Waals surface area contributed by atoms with Gasteiger partial charge in [-0.25, -0.2) is 9.07 Å². The highest BCUT2D eigenvalue weighted by Gasteiger charge is 2.36. The number of carbonyl (C=O) groups excluding carboxylic acids is 2. The van der Waals surface area contributed by atoms with Crippen LogP contribution in [0.1, 0.15) is 18.9 Å². The molecule has 1 unspecified atom stereocenters. The van der Waals surface area contributed by atoms with Crippen LogP contribution in [-0.4, -0.2) is 67.5 Å². The molecule has 0 saturated carbocycles. The Morgan fingerprint density at radius 1 is 1.12 bits per heavy atom. The smallest absolute Gasteiger partial charge is 0.245 e. The number of amides is 2. The average Bonchev–Trinajstić information content (AvgIpc) is 3.33. The summed E-state index contributed by atoms with van der Waals surface area (Å²) >= 11 is 0. The fraction of sp³-hybridized carbons (Fsp3) is 0.348. The number of benzene rings is 2. The van der Waals surface area contributed by atoms with Gasteiger partial charge in [0.25, 0.3) is 0 Å². The summed E-state index contributed by atoms with van der Waals surface area (Å²) < 4.78 is 15.6. The van der Waals surface area contributed by atoms with Crippen LogP contribution in [0.2, 0.25) is 0 Å². The van der Waals surface area contributed by atoms with E-state index in [0.29, 0.717) is 38.2 Å². The van der Waals surface area contributed by atoms with Crippen LogP contribution in [0.5, 0.6) is 0 Å². The molecule has 4 rings (SSSR count). The number of aromatic nitrogens is 4. The molecule has 1 aliphatic rings. The average molecular weight is 436 g/mol. The van der Waals surface area contributed by atoms with Crippen LogP contribution in [0, 0.1) is 5.82 Å². The summed E-state index contributed by atoms with van der Waals surface area (Å²) in [6.07, 6.45) is 2.08. The van der Waals surface area contributed by atoms with Crippen LogP contribution in [0.4, 0.5) is 4.39 Å². The van der Waals surface area contributed by atoms with Crippen molar-refractivity contribution in [3.05, 3.63) is 66.2 Å². The topological polar surface area (TPSA) is 84.2 Å². The Kier molecular flexibility index (Phi) is 6.53. The van der Waals surface area contributed by atoms with E-state index < -0.39 is 6.04 Å². The van der Waals surface area contributed by atoms with E-state index in [1.807, 2.05) is 31.2 Å². The zero-order valence-electron chi connectivity index (χ0n) is 17.9. The molecular weight excluding hydrogens is 411 g/mol. The molecule has 32 heavy (non-hydrogen) atoms. The Morgan fingerprint density at radius 3 is 2.59 bits per heavy atom. The molecule has 8 nitrogen and oxygen atoms in total. The molecule has 2 aromatic carbocycles. The lowest BCUT2D eigenvalue weighted by Crippen LogP contribution is -2.59. The van der Waals surface area contributed by atoms with E-state index >= 15 is 0 Å². The fourth-order valence-corrected chi connectivity index (χ4v) is 4.02. The third kappa shape index (κ3) is 4.66. The Balaban J connectivity index is 1.50. The Labute approximate surface area is 185 Å². The second-order valence-corrected chi connectivity index (χ2v) is 7.72. The molecule has 1 atom stereocenters. The first kappa shape index (κ1) is 21.6. The Bertz CT molecular complexity index is 1070. The van der Waals surface area contributed by atoms with Gasteiger partial charge in [0.1, 0.15) is 18.2 Å². The van der Waals surface area contributed by atoms with E-state index in [9.17, 15) is 14.0 Å². The van der Waals surface area contributed by atoms with Crippen molar-refractivity contribution in [2.45, 2.75) is 32.4 Å². The predicted octanol–water partition coefficient (Wildman–Crippen LogP) is 2.17. The van der Waals surface area contributed by atoms with Crippen molar-refractivity contribution in [2.75, 3.05) is 19.6 Å². The summed E-state index contributed by atoms with van der Waals surface area (Å²) in [5, 5.41) is 10.9. The van der Waals surface area contributed by atoms with Gasteiger partial charge in [-0.1, -0.05) is 42.5 Å². The minimum Gasteiger partial charge on any atom is -0.339 e. The molecule has 0 spiro atoms. The summed E-state index contributed by atoms with van der Waals surface area (Å²) in [5.41, 5.74) is 2.22. The van der Waals surface area contributed by atoms with E-state index in [1.165, 1.54) is 17.1 Å². The summed E-state index contributed by atoms with van der Waals surface area (Å²) in [5.74, 6) is -0.425. The van der Waals surface area contributed by atoms with E-state index in [4.69, 9.17) is 0 Å². The molecule has 0 radical (unpaired) electrons. The fourth-order valence-electron chi connectivity index (χ4n) is 4.02. The molecule has 0 aliphatic carbocycles. The third-order valence-corrected chi connectivity index (χ3v) is 5.80. The van der Waals surface area contributed by atoms with Crippen LogP contribution in [0.25, 0.3) is 11.1 Å². The lowest BCUT2D eigenvalue weighted by Gasteiger charge is -2.40. The van der Waals surface area contributed by atoms with Crippen molar-refractivity contribution in [1.29, 1.82) is 0 Å². The molecule has 0 bridgehead atoms. The van der Waals surface area contributed by atoms with Gasteiger partial charge in [0.05, 0.1) is 6.54 Å². The first-order chi connectivity index (χ1) is 15.6. The summed E-state index contributed by atoms with van der Waals surface area (Å²) in [7, 11) is 0. The minimum atomic E-state index is -0.565. The van der Waals surface area contributed by atoms with Crippen molar-refractivity contribution in [3.8, 4) is 11.1 Å². The first-order valence-corrected chi connectivity index (χ1v) is 10.7. The predicted molar refractivity (Wildman–Crippen MR) is 116 cm³/mol. The number of hydrogen-bond acceptors (Lipinski definition) is 5. The van der Waals surface area contributed by atoms with Crippen molar-refractivity contribution < 1.29 is 14.0 Å². The standard InChI is InChI=1S/C23H25FN6O2/c1-2-28-13-14-30(22(31)11-12-29-16-25-26-27-29)21(23(28)32)15-17-7-9-18(10-8-17)19-5-3-4-6-20(19)24/h3-10,16,21H,2,11-15H2,1H3. The maximum absolute atomic E-state index is 14.1. The number of hydrogen-bond donors (Lipinski definition) is 0. The number of halogens is 1. The van der Waals surface area contributed by atoms with Gasteiger partial charge in [-0.05, 0) is 34.5 Å². The normalized spacial score (nSPS) is 16.4. The van der Waals surface area contributed by atoms with Gasteiger partial charge < -0.3 is 9.80 Å². The lowest BCUT2D eigenvalue weighted by molar-refractivity contribution is -0.151. The molecule has 166 valence electrons. The molecule has 3 aromatic rings. The molecule has 1 aliphatic heterocycles. The van der Waals surface area contributed by atoms with E-state index in [0.717, 1.165) is 11.1 Å². The number of aryl methyl sites for hydroxylation is 1. The zero-order valence-corrected chi connectivity index (χ0v) is 17.9. The summed E-state index contributed by atoms with van der Waals surface area (Å²) in [6, 6.07) is 13.5. The number of nitrogens with zero attached hydrogens (tertiary/aromatic N) is 6. The number of rotatable bonds is 7. The zero-order chi connectivity index (χ0) is 22.5. The van der Waals surface area contributed by atoms with Gasteiger partial charge in [0.2, 0.25) is 11.8 Å². The van der Waals surface area contributed by atoms with Crippen molar-refractivity contribution in [3.63, 3.8) is 0 Å². The van der Waals surface area contributed by atoms with Crippen molar-refractivity contribution in [2.24, 2.45) is 0 Å². The maximum Gasteiger partial charge on any atom is 0.245 e. The van der Waals surface area contributed by atoms with Gasteiger partial charge in [-0.15, -0.1) is 5.10 Å². The van der Waals surface area contributed by atoms with Crippen LogP contribution < -0.4 is 0 Å². The van der Waals surface area contributed by atoms with Gasteiger partial charge >= 0.3 is 0 Å². The number of tetrazole rings is 1. The minimum absolute atomic E-state index is 0.0484. The number of carbonyl (C=O) groups is 2. The summed E-state index contributed by atoms with van der Waals surface area (Å²) in [6.45, 7) is 3.92. The lowest BCUT2D eigenvalue weighted by atomic mass is 9.97. The number of likely N-dealkylation sites (N-methyl/N-ethyl adjacent to an activating group) is 1. The van der Waals surface area contributed by atoms with Gasteiger partial charge in [-0.3, -0.25) is 9.59 Å². The molecule has 2 amide bonds. The number of piperazine rings is 1. The highest BCUT2D eigenvalue weighted by atomic mass is 19.1. The SMILES string of the molecule is CCN1CCN(C(=O)CCn2cnnn2)C(Cc2ccc(-c3ccccc3F)cc2)C1=O. The molecule has 1 fully saturated rings. The molecule has 9 heteroatoms. The highest BCUT2D eigenvalue weighted by molar-refractivity contribution is 5.89. The third-order valence-electron chi connectivity index (χ3n) is 5.80. The quantitative estimate of drug-likeness (QED) is 0.567. The summed E-state index contributed by atoms with van der Waals surface area (Å²) in [4.78, 5) is 29.5. The molecule has 1 saturated heterocycles. The van der Waals surface area contributed by atoms with E-state index in [1.54, 1.807) is 28.0 Å². The highest BCUT2D eigenvalue weighted by Crippen LogP contribution is 2.24. The van der Waals surface area contributed by atoms with Gasteiger partial charge in [0.15, 0.2) is 0 Å². The first-order valence-electron chi connectivity index (χ1n) is 10.7. The molecule has 2 heterocycles. The molecule has 1 aromatic heterocycles.